The molecule has 10 heteroatoms. The molecule has 2 aromatic rings. The van der Waals surface area contributed by atoms with Crippen LogP contribution in [0, 0.1) is 5.82 Å². The molecule has 0 aliphatic carbocycles. The number of aryl methyl sites for hydroxylation is 1. The fraction of sp³-hybridized carbons (Fsp3) is 0.471. The van der Waals surface area contributed by atoms with Crippen LogP contribution in [0.4, 0.5) is 4.39 Å². The zero-order chi connectivity index (χ0) is 19.6. The summed E-state index contributed by atoms with van der Waals surface area (Å²) in [5.41, 5.74) is 0.280. The number of ether oxygens (including phenoxy) is 1. The second-order valence-electron chi connectivity index (χ2n) is 6.53. The number of rotatable bonds is 6. The molecule has 2 atom stereocenters. The van der Waals surface area contributed by atoms with Gasteiger partial charge in [0.05, 0.1) is 24.9 Å². The zero-order valence-electron chi connectivity index (χ0n) is 15.1. The first-order chi connectivity index (χ1) is 12.8. The van der Waals surface area contributed by atoms with Crippen LogP contribution >= 0.6 is 11.6 Å². The normalized spacial score (nSPS) is 19.9. The third kappa shape index (κ3) is 4.67. The van der Waals surface area contributed by atoms with Crippen LogP contribution in [0.5, 0.6) is 0 Å². The first kappa shape index (κ1) is 20.2. The molecule has 0 spiro atoms. The lowest BCUT2D eigenvalue weighted by molar-refractivity contribution is -0.0342. The predicted molar refractivity (Wildman–Crippen MR) is 99.5 cm³/mol. The lowest BCUT2D eigenvalue weighted by atomic mass is 10.0. The van der Waals surface area contributed by atoms with E-state index in [1.807, 2.05) is 11.8 Å². The molecule has 1 N–H and O–H groups in total. The van der Waals surface area contributed by atoms with E-state index < -0.39 is 21.9 Å². The zero-order valence-corrected chi connectivity index (χ0v) is 16.7. The molecule has 0 bridgehead atoms. The Morgan fingerprint density at radius 3 is 2.89 bits per heavy atom. The Morgan fingerprint density at radius 1 is 1.48 bits per heavy atom. The fourth-order valence-electron chi connectivity index (χ4n) is 3.18. The second-order valence-corrected chi connectivity index (χ2v) is 8.70. The maximum Gasteiger partial charge on any atom is 0.243 e. The van der Waals surface area contributed by atoms with Crippen molar-refractivity contribution in [2.75, 3.05) is 26.2 Å². The van der Waals surface area contributed by atoms with Gasteiger partial charge in [0.2, 0.25) is 10.0 Å². The van der Waals surface area contributed by atoms with E-state index in [1.54, 1.807) is 13.1 Å². The van der Waals surface area contributed by atoms with Gasteiger partial charge in [-0.3, -0.25) is 9.58 Å². The molecule has 2 heterocycles. The van der Waals surface area contributed by atoms with Crippen molar-refractivity contribution in [3.05, 3.63) is 47.0 Å². The van der Waals surface area contributed by atoms with E-state index >= 15 is 0 Å². The van der Waals surface area contributed by atoms with Crippen LogP contribution < -0.4 is 4.72 Å². The Morgan fingerprint density at radius 2 is 2.26 bits per heavy atom. The molecule has 0 radical (unpaired) electrons. The van der Waals surface area contributed by atoms with Gasteiger partial charge in [0.1, 0.15) is 10.7 Å². The number of morpholine rings is 1. The van der Waals surface area contributed by atoms with E-state index in [2.05, 4.69) is 9.82 Å². The van der Waals surface area contributed by atoms with Crippen molar-refractivity contribution >= 4 is 21.6 Å². The van der Waals surface area contributed by atoms with Crippen molar-refractivity contribution < 1.29 is 17.5 Å². The second kappa shape index (κ2) is 8.24. The van der Waals surface area contributed by atoms with Crippen LogP contribution in [0.15, 0.2) is 35.5 Å². The van der Waals surface area contributed by atoms with Gasteiger partial charge in [0, 0.05) is 43.5 Å². The Hall–Kier alpha value is -1.52. The molecule has 1 aromatic heterocycles. The standard InChI is InChI=1S/C17H22ClFN4O3S/c1-12-10-23(6-7-26-12)16(17-14(18)4-3-5-15(17)19)9-21-27(24,25)13-8-20-22(2)11-13/h3-5,8,11-12,16,21H,6-7,9-10H2,1-2H3/t12-,16+/m1/s1. The van der Waals surface area contributed by atoms with E-state index in [9.17, 15) is 12.8 Å². The van der Waals surface area contributed by atoms with Gasteiger partial charge in [0.15, 0.2) is 0 Å². The molecule has 1 fully saturated rings. The molecule has 148 valence electrons. The van der Waals surface area contributed by atoms with E-state index in [0.717, 1.165) is 0 Å². The number of nitrogens with one attached hydrogen (secondary N) is 1. The topological polar surface area (TPSA) is 76.5 Å². The number of hydrogen-bond donors (Lipinski definition) is 1. The molecule has 7 nitrogen and oxygen atoms in total. The minimum Gasteiger partial charge on any atom is -0.376 e. The maximum absolute atomic E-state index is 14.6. The van der Waals surface area contributed by atoms with E-state index in [0.29, 0.717) is 19.7 Å². The summed E-state index contributed by atoms with van der Waals surface area (Å²) in [6.45, 7) is 3.48. The molecule has 0 saturated carbocycles. The van der Waals surface area contributed by atoms with Crippen molar-refractivity contribution in [2.45, 2.75) is 24.0 Å². The highest BCUT2D eigenvalue weighted by Crippen LogP contribution is 2.31. The molecule has 3 rings (SSSR count). The lowest BCUT2D eigenvalue weighted by Crippen LogP contribution is -2.46. The van der Waals surface area contributed by atoms with Crippen molar-refractivity contribution in [1.29, 1.82) is 0 Å². The first-order valence-electron chi connectivity index (χ1n) is 8.56. The molecule has 27 heavy (non-hydrogen) atoms. The average Bonchev–Trinajstić information content (AvgIpc) is 3.05. The Kier molecular flexibility index (Phi) is 6.17. The molecule has 0 unspecified atom stereocenters. The Labute approximate surface area is 163 Å². The summed E-state index contributed by atoms with van der Waals surface area (Å²) in [6, 6.07) is 3.90. The number of benzene rings is 1. The minimum atomic E-state index is -3.78. The van der Waals surface area contributed by atoms with Crippen LogP contribution in [0.3, 0.4) is 0 Å². The van der Waals surface area contributed by atoms with Crippen molar-refractivity contribution in [1.82, 2.24) is 19.4 Å². The number of aromatic nitrogens is 2. The Balaban J connectivity index is 1.88. The van der Waals surface area contributed by atoms with E-state index in [-0.39, 0.29) is 28.1 Å². The van der Waals surface area contributed by atoms with Crippen molar-refractivity contribution in [3.8, 4) is 0 Å². The van der Waals surface area contributed by atoms with E-state index in [4.69, 9.17) is 16.3 Å². The van der Waals surface area contributed by atoms with Gasteiger partial charge in [-0.1, -0.05) is 17.7 Å². The van der Waals surface area contributed by atoms with Gasteiger partial charge < -0.3 is 4.74 Å². The maximum atomic E-state index is 14.6. The van der Waals surface area contributed by atoms with Crippen LogP contribution in [-0.4, -0.2) is 55.4 Å². The summed E-state index contributed by atoms with van der Waals surface area (Å²) in [7, 11) is -2.14. The van der Waals surface area contributed by atoms with Crippen LogP contribution in [0.1, 0.15) is 18.5 Å². The van der Waals surface area contributed by atoms with Gasteiger partial charge in [-0.2, -0.15) is 5.10 Å². The first-order valence-corrected chi connectivity index (χ1v) is 10.4. The summed E-state index contributed by atoms with van der Waals surface area (Å²) in [6.07, 6.45) is 2.63. The smallest absolute Gasteiger partial charge is 0.243 e. The molecular formula is C17H22ClFN4O3S. The number of sulfonamides is 1. The molecule has 1 saturated heterocycles. The van der Waals surface area contributed by atoms with Gasteiger partial charge in [-0.05, 0) is 19.1 Å². The third-order valence-electron chi connectivity index (χ3n) is 4.50. The fourth-order valence-corrected chi connectivity index (χ4v) is 4.49. The summed E-state index contributed by atoms with van der Waals surface area (Å²) in [5, 5.41) is 4.15. The molecule has 0 amide bonds. The highest BCUT2D eigenvalue weighted by molar-refractivity contribution is 7.89. The van der Waals surface area contributed by atoms with Gasteiger partial charge in [0.25, 0.3) is 0 Å². The number of halogens is 2. The lowest BCUT2D eigenvalue weighted by Gasteiger charge is -2.38. The van der Waals surface area contributed by atoms with Crippen LogP contribution in [0.2, 0.25) is 5.02 Å². The Bertz CT molecular complexity index is 885. The summed E-state index contributed by atoms with van der Waals surface area (Å²) >= 11 is 6.26. The van der Waals surface area contributed by atoms with Gasteiger partial charge >= 0.3 is 0 Å². The van der Waals surface area contributed by atoms with Gasteiger partial charge in [-0.15, -0.1) is 0 Å². The molecule has 1 aromatic carbocycles. The largest absolute Gasteiger partial charge is 0.376 e. The molecule has 1 aliphatic heterocycles. The molecular weight excluding hydrogens is 395 g/mol. The van der Waals surface area contributed by atoms with Crippen molar-refractivity contribution in [2.24, 2.45) is 7.05 Å². The average molecular weight is 417 g/mol. The quantitative estimate of drug-likeness (QED) is 0.778. The monoisotopic (exact) mass is 416 g/mol. The highest BCUT2D eigenvalue weighted by Gasteiger charge is 2.30. The third-order valence-corrected chi connectivity index (χ3v) is 6.21. The van der Waals surface area contributed by atoms with E-state index in [1.165, 1.54) is 29.2 Å². The summed E-state index contributed by atoms with van der Waals surface area (Å²) in [5.74, 6) is -0.466. The van der Waals surface area contributed by atoms with Gasteiger partial charge in [-0.25, -0.2) is 17.5 Å². The number of nitrogens with zero attached hydrogens (tertiary/aromatic N) is 3. The SMILES string of the molecule is C[C@@H]1CN([C@@H](CNS(=O)(=O)c2cnn(C)c2)c2c(F)cccc2Cl)CCO1. The van der Waals surface area contributed by atoms with Crippen LogP contribution in [0.25, 0.3) is 0 Å². The highest BCUT2D eigenvalue weighted by atomic mass is 35.5. The van der Waals surface area contributed by atoms with Crippen LogP contribution in [-0.2, 0) is 21.8 Å². The summed E-state index contributed by atoms with van der Waals surface area (Å²) in [4.78, 5) is 2.04. The van der Waals surface area contributed by atoms with Crippen molar-refractivity contribution in [3.63, 3.8) is 0 Å². The molecule has 1 aliphatic rings. The predicted octanol–water partition coefficient (Wildman–Crippen LogP) is 1.95. The summed E-state index contributed by atoms with van der Waals surface area (Å²) < 4.78 is 49.2. The minimum absolute atomic E-state index is 0.0232. The number of hydrogen-bond acceptors (Lipinski definition) is 5.